The highest BCUT2D eigenvalue weighted by Crippen LogP contribution is 2.33. The number of carboxylic acids is 1. The quantitative estimate of drug-likeness (QED) is 0.449. The van der Waals surface area contributed by atoms with E-state index in [1.54, 1.807) is 6.07 Å². The first-order chi connectivity index (χ1) is 13.3. The number of H-pyrrole nitrogens is 1. The van der Waals surface area contributed by atoms with Gasteiger partial charge in [-0.25, -0.2) is 4.79 Å². The number of para-hydroxylation sites is 1. The maximum absolute atomic E-state index is 12.4. The van der Waals surface area contributed by atoms with Gasteiger partial charge in [0.25, 0.3) is 0 Å². The molecule has 1 amide bonds. The number of carbonyl (C=O) groups excluding carboxylic acids is 1. The first-order valence-corrected chi connectivity index (χ1v) is 9.35. The van der Waals surface area contributed by atoms with E-state index in [2.05, 4.69) is 10.3 Å². The number of carbonyl (C=O) groups is 2. The second-order valence-corrected chi connectivity index (χ2v) is 7.44. The lowest BCUT2D eigenvalue weighted by atomic mass is 10.0. The highest BCUT2D eigenvalue weighted by Gasteiger charge is 2.18. The van der Waals surface area contributed by atoms with E-state index < -0.39 is 5.97 Å². The number of benzene rings is 2. The second-order valence-electron chi connectivity index (χ2n) is 6.59. The summed E-state index contributed by atoms with van der Waals surface area (Å²) in [4.78, 5) is 26.8. The van der Waals surface area contributed by atoms with Gasteiger partial charge >= 0.3 is 5.97 Å². The molecule has 1 heterocycles. The molecule has 3 N–H and O–H groups in total. The molecule has 0 aliphatic carbocycles. The normalized spacial score (nSPS) is 11.5. The molecule has 0 unspecified atom stereocenters. The molecule has 3 aromatic rings. The summed E-state index contributed by atoms with van der Waals surface area (Å²) in [5.41, 5.74) is 2.47. The summed E-state index contributed by atoms with van der Waals surface area (Å²) in [7, 11) is 0. The average molecular weight is 417 g/mol. The molecular weight excluding hydrogens is 399 g/mol. The minimum Gasteiger partial charge on any atom is -0.477 e. The van der Waals surface area contributed by atoms with Crippen LogP contribution >= 0.6 is 23.2 Å². The lowest BCUT2D eigenvalue weighted by Gasteiger charge is -2.12. The van der Waals surface area contributed by atoms with Gasteiger partial charge in [0.05, 0.1) is 5.02 Å². The Morgan fingerprint density at radius 2 is 1.89 bits per heavy atom. The van der Waals surface area contributed by atoms with Crippen molar-refractivity contribution in [3.8, 4) is 0 Å². The zero-order valence-corrected chi connectivity index (χ0v) is 16.7. The van der Waals surface area contributed by atoms with E-state index in [0.717, 1.165) is 5.56 Å². The van der Waals surface area contributed by atoms with Crippen molar-refractivity contribution in [2.75, 3.05) is 5.32 Å². The fourth-order valence-electron chi connectivity index (χ4n) is 3.06. The zero-order chi connectivity index (χ0) is 20.4. The number of amides is 1. The summed E-state index contributed by atoms with van der Waals surface area (Å²) in [6.07, 6.45) is 2.73. The van der Waals surface area contributed by atoms with Gasteiger partial charge in [0, 0.05) is 33.3 Å². The number of anilines is 1. The Hall–Kier alpha value is -2.76. The van der Waals surface area contributed by atoms with Crippen molar-refractivity contribution in [2.24, 2.45) is 0 Å². The van der Waals surface area contributed by atoms with Crippen molar-refractivity contribution >= 4 is 57.7 Å². The number of halogens is 2. The van der Waals surface area contributed by atoms with E-state index >= 15 is 0 Å². The number of rotatable bonds is 5. The Bertz CT molecular complexity index is 1100. The van der Waals surface area contributed by atoms with E-state index in [-0.39, 0.29) is 17.5 Å². The van der Waals surface area contributed by atoms with Crippen LogP contribution in [0.2, 0.25) is 10.0 Å². The van der Waals surface area contributed by atoms with Gasteiger partial charge in [-0.2, -0.15) is 0 Å². The Kier molecular flexibility index (Phi) is 5.77. The van der Waals surface area contributed by atoms with Crippen LogP contribution in [-0.2, 0) is 4.79 Å². The summed E-state index contributed by atoms with van der Waals surface area (Å²) in [6.45, 7) is 4.08. The Morgan fingerprint density at radius 3 is 2.57 bits per heavy atom. The Morgan fingerprint density at radius 1 is 1.18 bits per heavy atom. The average Bonchev–Trinajstić information content (AvgIpc) is 2.99. The van der Waals surface area contributed by atoms with Crippen LogP contribution in [0.15, 0.2) is 42.5 Å². The van der Waals surface area contributed by atoms with Crippen LogP contribution in [-0.4, -0.2) is 22.0 Å². The number of aromatic carboxylic acids is 1. The van der Waals surface area contributed by atoms with Crippen LogP contribution in [0.25, 0.3) is 17.0 Å². The molecule has 3 rings (SSSR count). The lowest BCUT2D eigenvalue weighted by molar-refractivity contribution is -0.111. The minimum atomic E-state index is -1.16. The van der Waals surface area contributed by atoms with E-state index in [4.69, 9.17) is 23.2 Å². The van der Waals surface area contributed by atoms with Crippen LogP contribution in [0, 0.1) is 0 Å². The zero-order valence-electron chi connectivity index (χ0n) is 15.2. The van der Waals surface area contributed by atoms with Crippen molar-refractivity contribution in [1.29, 1.82) is 0 Å². The minimum absolute atomic E-state index is 0.0641. The largest absolute Gasteiger partial charge is 0.477 e. The van der Waals surface area contributed by atoms with Crippen LogP contribution < -0.4 is 5.32 Å². The maximum Gasteiger partial charge on any atom is 0.352 e. The molecule has 7 heteroatoms. The SMILES string of the molecule is CC(C)c1ccccc1NC(=O)/C=C/c1c(C(=O)O)[nH]c2cc(Cl)cc(Cl)c12. The van der Waals surface area contributed by atoms with Crippen LogP contribution in [0.1, 0.15) is 41.4 Å². The molecule has 1 aromatic heterocycles. The predicted octanol–water partition coefficient (Wildman–Crippen LogP) is 5.95. The number of hydrogen-bond acceptors (Lipinski definition) is 2. The topological polar surface area (TPSA) is 82.2 Å². The highest BCUT2D eigenvalue weighted by atomic mass is 35.5. The molecule has 0 saturated carbocycles. The van der Waals surface area contributed by atoms with Crippen molar-refractivity contribution in [1.82, 2.24) is 4.98 Å². The van der Waals surface area contributed by atoms with E-state index in [9.17, 15) is 14.7 Å². The molecule has 5 nitrogen and oxygen atoms in total. The monoisotopic (exact) mass is 416 g/mol. The number of fused-ring (bicyclic) bond motifs is 1. The molecular formula is C21H18Cl2N2O3. The summed E-state index contributed by atoms with van der Waals surface area (Å²) >= 11 is 12.2. The molecule has 0 aliphatic heterocycles. The number of carboxylic acid groups (broad SMARTS) is 1. The second kappa shape index (κ2) is 8.09. The van der Waals surface area contributed by atoms with Gasteiger partial charge in [0.2, 0.25) is 5.91 Å². The lowest BCUT2D eigenvalue weighted by Crippen LogP contribution is -2.10. The maximum atomic E-state index is 12.4. The predicted molar refractivity (Wildman–Crippen MR) is 113 cm³/mol. The number of nitrogens with one attached hydrogen (secondary N) is 2. The smallest absolute Gasteiger partial charge is 0.352 e. The van der Waals surface area contributed by atoms with Crippen molar-refractivity contribution < 1.29 is 14.7 Å². The van der Waals surface area contributed by atoms with Gasteiger partial charge in [-0.3, -0.25) is 4.79 Å². The summed E-state index contributed by atoms with van der Waals surface area (Å²) in [5.74, 6) is -1.28. The van der Waals surface area contributed by atoms with E-state index in [1.165, 1.54) is 18.2 Å². The van der Waals surface area contributed by atoms with Gasteiger partial charge < -0.3 is 15.4 Å². The van der Waals surface area contributed by atoms with Gasteiger partial charge in [0.1, 0.15) is 5.69 Å². The van der Waals surface area contributed by atoms with Gasteiger partial charge in [-0.05, 0) is 35.8 Å². The standard InChI is InChI=1S/C21H18Cl2N2O3/c1-11(2)13-5-3-4-6-16(13)24-18(26)8-7-14-19-15(23)9-12(22)10-17(19)25-20(14)21(27)28/h3-11,25H,1-2H3,(H,24,26)(H,27,28)/b8-7+. The number of aromatic nitrogens is 1. The molecule has 0 aliphatic rings. The molecule has 144 valence electrons. The first-order valence-electron chi connectivity index (χ1n) is 8.60. The van der Waals surface area contributed by atoms with E-state index in [1.807, 2.05) is 38.1 Å². The van der Waals surface area contributed by atoms with Crippen molar-refractivity contribution in [3.05, 3.63) is 69.3 Å². The molecule has 0 bridgehead atoms. The van der Waals surface area contributed by atoms with Crippen molar-refractivity contribution in [2.45, 2.75) is 19.8 Å². The van der Waals surface area contributed by atoms with Crippen LogP contribution in [0.3, 0.4) is 0 Å². The first kappa shape index (κ1) is 20.0. The summed E-state index contributed by atoms with van der Waals surface area (Å²) in [6, 6.07) is 10.7. The molecule has 0 saturated heterocycles. The fraction of sp³-hybridized carbons (Fsp3) is 0.143. The number of hydrogen-bond donors (Lipinski definition) is 3. The third-order valence-electron chi connectivity index (χ3n) is 4.31. The van der Waals surface area contributed by atoms with Gasteiger partial charge in [-0.15, -0.1) is 0 Å². The van der Waals surface area contributed by atoms with Crippen LogP contribution in [0.4, 0.5) is 5.69 Å². The summed E-state index contributed by atoms with van der Waals surface area (Å²) < 4.78 is 0. The highest BCUT2D eigenvalue weighted by molar-refractivity contribution is 6.39. The fourth-order valence-corrected chi connectivity index (χ4v) is 3.65. The molecule has 0 radical (unpaired) electrons. The molecule has 0 atom stereocenters. The summed E-state index contributed by atoms with van der Waals surface area (Å²) in [5, 5.41) is 13.5. The molecule has 0 spiro atoms. The third kappa shape index (κ3) is 4.06. The Labute approximate surface area is 172 Å². The number of aromatic amines is 1. The Balaban J connectivity index is 1.96. The van der Waals surface area contributed by atoms with Gasteiger partial charge in [0.15, 0.2) is 0 Å². The van der Waals surface area contributed by atoms with E-state index in [0.29, 0.717) is 32.2 Å². The van der Waals surface area contributed by atoms with Gasteiger partial charge in [-0.1, -0.05) is 55.2 Å². The molecule has 2 aromatic carbocycles. The van der Waals surface area contributed by atoms with Crippen LogP contribution in [0.5, 0.6) is 0 Å². The molecule has 28 heavy (non-hydrogen) atoms. The third-order valence-corrected chi connectivity index (χ3v) is 4.83. The van der Waals surface area contributed by atoms with Crippen molar-refractivity contribution in [3.63, 3.8) is 0 Å². The molecule has 0 fully saturated rings.